The molecule has 1 aliphatic rings. The molecular formula is C32H31N5O6. The first kappa shape index (κ1) is 29.1. The minimum Gasteiger partial charge on any atom is -0.445 e. The second-order valence-corrected chi connectivity index (χ2v) is 9.97. The average molecular weight is 582 g/mol. The Kier molecular flexibility index (Phi) is 9.42. The Balaban J connectivity index is 1.11. The number of rotatable bonds is 12. The van der Waals surface area contributed by atoms with Crippen molar-refractivity contribution in [2.75, 3.05) is 13.1 Å². The van der Waals surface area contributed by atoms with E-state index in [1.165, 1.54) is 0 Å². The fourth-order valence-electron chi connectivity index (χ4n) is 4.65. The Labute approximate surface area is 247 Å². The third-order valence-electron chi connectivity index (χ3n) is 6.84. The molecule has 1 aliphatic heterocycles. The van der Waals surface area contributed by atoms with Crippen molar-refractivity contribution in [3.63, 3.8) is 0 Å². The number of aliphatic imine (C=N–C) groups is 1. The summed E-state index contributed by atoms with van der Waals surface area (Å²) in [6, 6.07) is 24.4. The molecule has 5 rings (SSSR count). The number of esters is 1. The number of carbonyl (C=O) groups excluding carboxylic acids is 4. The van der Waals surface area contributed by atoms with Gasteiger partial charge in [-0.1, -0.05) is 78.9 Å². The van der Waals surface area contributed by atoms with Gasteiger partial charge in [0, 0.05) is 29.9 Å². The molecule has 0 saturated carbocycles. The molecule has 1 aromatic heterocycles. The number of hydrogen-bond donors (Lipinski definition) is 4. The fraction of sp³-hybridized carbons (Fsp3) is 0.219. The molecule has 0 fully saturated rings. The van der Waals surface area contributed by atoms with Crippen LogP contribution in [0.4, 0.5) is 4.79 Å². The molecule has 11 nitrogen and oxygen atoms in total. The van der Waals surface area contributed by atoms with Crippen LogP contribution in [0.2, 0.25) is 0 Å². The van der Waals surface area contributed by atoms with Gasteiger partial charge in [0.15, 0.2) is 6.04 Å². The number of fused-ring (bicyclic) bond motifs is 1. The predicted molar refractivity (Wildman–Crippen MR) is 159 cm³/mol. The molecular weight excluding hydrogens is 550 g/mol. The third-order valence-corrected chi connectivity index (χ3v) is 6.84. The predicted octanol–water partition coefficient (Wildman–Crippen LogP) is 2.80. The summed E-state index contributed by atoms with van der Waals surface area (Å²) in [6.45, 7) is -0.418. The zero-order valence-corrected chi connectivity index (χ0v) is 23.2. The van der Waals surface area contributed by atoms with Crippen LogP contribution < -0.4 is 16.0 Å². The van der Waals surface area contributed by atoms with E-state index in [4.69, 9.17) is 9.47 Å². The van der Waals surface area contributed by atoms with Gasteiger partial charge in [-0.05, 0) is 22.8 Å². The van der Waals surface area contributed by atoms with Gasteiger partial charge in [-0.25, -0.2) is 14.6 Å². The number of aromatic amines is 1. The second kappa shape index (κ2) is 13.9. The molecule has 0 bridgehead atoms. The summed E-state index contributed by atoms with van der Waals surface area (Å²) in [5, 5.41) is 8.74. The molecule has 220 valence electrons. The Morgan fingerprint density at radius 3 is 2.37 bits per heavy atom. The van der Waals surface area contributed by atoms with Gasteiger partial charge in [0.1, 0.15) is 12.6 Å². The van der Waals surface area contributed by atoms with Gasteiger partial charge in [-0.15, -0.1) is 0 Å². The van der Waals surface area contributed by atoms with E-state index in [2.05, 4.69) is 25.9 Å². The van der Waals surface area contributed by atoms with Gasteiger partial charge in [0.25, 0.3) is 0 Å². The number of nitrogens with zero attached hydrogens (tertiary/aromatic N) is 1. The number of alkyl carbamates (subject to hydrolysis) is 1. The highest BCUT2D eigenvalue weighted by molar-refractivity contribution is 6.00. The highest BCUT2D eigenvalue weighted by atomic mass is 16.6. The van der Waals surface area contributed by atoms with Crippen molar-refractivity contribution < 1.29 is 28.7 Å². The van der Waals surface area contributed by atoms with E-state index in [9.17, 15) is 19.2 Å². The maximum atomic E-state index is 13.0. The molecule has 3 aromatic carbocycles. The SMILES string of the molecule is O=C(CNC(=O)C(Cc1ccccc1)NC(=O)OCc1ccccc1)NCC1=NC(Cc2c[nH]c3ccccc23)C(=O)O1. The molecule has 4 N–H and O–H groups in total. The molecule has 2 atom stereocenters. The van der Waals surface area contributed by atoms with E-state index in [1.807, 2.05) is 91.1 Å². The number of ether oxygens (including phenoxy) is 2. The Hall–Kier alpha value is -5.45. The van der Waals surface area contributed by atoms with Crippen LogP contribution in [0.25, 0.3) is 10.9 Å². The first-order chi connectivity index (χ1) is 20.9. The molecule has 3 amide bonds. The Morgan fingerprint density at radius 2 is 1.60 bits per heavy atom. The minimum atomic E-state index is -0.982. The van der Waals surface area contributed by atoms with Crippen molar-refractivity contribution >= 4 is 40.7 Å². The molecule has 11 heteroatoms. The Morgan fingerprint density at radius 1 is 0.907 bits per heavy atom. The maximum Gasteiger partial charge on any atom is 0.408 e. The summed E-state index contributed by atoms with van der Waals surface area (Å²) in [5.41, 5.74) is 3.53. The highest BCUT2D eigenvalue weighted by Gasteiger charge is 2.30. The van der Waals surface area contributed by atoms with Crippen molar-refractivity contribution in [3.05, 3.63) is 108 Å². The summed E-state index contributed by atoms with van der Waals surface area (Å²) >= 11 is 0. The lowest BCUT2D eigenvalue weighted by Gasteiger charge is -2.18. The highest BCUT2D eigenvalue weighted by Crippen LogP contribution is 2.21. The summed E-state index contributed by atoms with van der Waals surface area (Å²) in [4.78, 5) is 57.9. The van der Waals surface area contributed by atoms with Crippen LogP contribution in [0.1, 0.15) is 16.7 Å². The minimum absolute atomic E-state index is 0.0475. The largest absolute Gasteiger partial charge is 0.445 e. The van der Waals surface area contributed by atoms with Crippen molar-refractivity contribution in [2.24, 2.45) is 4.99 Å². The lowest BCUT2D eigenvalue weighted by atomic mass is 10.1. The van der Waals surface area contributed by atoms with Gasteiger partial charge < -0.3 is 30.4 Å². The van der Waals surface area contributed by atoms with E-state index < -0.39 is 36.0 Å². The molecule has 0 saturated heterocycles. The first-order valence-corrected chi connectivity index (χ1v) is 13.8. The zero-order chi connectivity index (χ0) is 30.0. The van der Waals surface area contributed by atoms with E-state index in [-0.39, 0.29) is 32.0 Å². The van der Waals surface area contributed by atoms with E-state index in [0.29, 0.717) is 6.42 Å². The number of aromatic nitrogens is 1. The average Bonchev–Trinajstić information content (AvgIpc) is 3.61. The first-order valence-electron chi connectivity index (χ1n) is 13.8. The van der Waals surface area contributed by atoms with Crippen LogP contribution in [0.5, 0.6) is 0 Å². The third kappa shape index (κ3) is 8.07. The topological polar surface area (TPSA) is 151 Å². The molecule has 2 unspecified atom stereocenters. The molecule has 43 heavy (non-hydrogen) atoms. The number of H-pyrrole nitrogens is 1. The molecule has 2 heterocycles. The van der Waals surface area contributed by atoms with Crippen molar-refractivity contribution in [1.82, 2.24) is 20.9 Å². The number of nitrogens with one attached hydrogen (secondary N) is 4. The normalized spacial score (nSPS) is 14.8. The quantitative estimate of drug-likeness (QED) is 0.189. The maximum absolute atomic E-state index is 13.0. The second-order valence-electron chi connectivity index (χ2n) is 9.97. The molecule has 0 aliphatic carbocycles. The number of amides is 3. The van der Waals surface area contributed by atoms with Gasteiger partial charge in [-0.3, -0.25) is 9.59 Å². The van der Waals surface area contributed by atoms with Crippen LogP contribution >= 0.6 is 0 Å². The standard InChI is InChI=1S/C32H31N5O6/c38-28(34-19-29-36-27(31(40)43-29)16-23-17-33-25-14-8-7-13-24(23)25)18-35-30(39)26(15-21-9-3-1-4-10-21)37-32(41)42-20-22-11-5-2-6-12-22/h1-14,17,26-27,33H,15-16,18-20H2,(H,34,38)(H,35,39)(H,37,41). The van der Waals surface area contributed by atoms with E-state index in [1.54, 1.807) is 0 Å². The van der Waals surface area contributed by atoms with Crippen LogP contribution in [0.3, 0.4) is 0 Å². The smallest absolute Gasteiger partial charge is 0.408 e. The van der Waals surface area contributed by atoms with Crippen molar-refractivity contribution in [3.8, 4) is 0 Å². The van der Waals surface area contributed by atoms with Gasteiger partial charge >= 0.3 is 12.1 Å². The van der Waals surface area contributed by atoms with Crippen molar-refractivity contribution in [1.29, 1.82) is 0 Å². The Bertz CT molecular complexity index is 1620. The van der Waals surface area contributed by atoms with Crippen LogP contribution in [-0.2, 0) is 43.3 Å². The van der Waals surface area contributed by atoms with Gasteiger partial charge in [0.2, 0.25) is 17.7 Å². The van der Waals surface area contributed by atoms with Gasteiger partial charge in [0.05, 0.1) is 13.1 Å². The van der Waals surface area contributed by atoms with Gasteiger partial charge in [-0.2, -0.15) is 0 Å². The number of hydrogen-bond acceptors (Lipinski definition) is 7. The van der Waals surface area contributed by atoms with E-state index in [0.717, 1.165) is 27.6 Å². The lowest BCUT2D eigenvalue weighted by molar-refractivity contribution is -0.135. The summed E-state index contributed by atoms with van der Waals surface area (Å²) in [6.07, 6.45) is 1.64. The molecule has 4 aromatic rings. The van der Waals surface area contributed by atoms with E-state index >= 15 is 0 Å². The number of benzene rings is 3. The van der Waals surface area contributed by atoms with Crippen LogP contribution in [0, 0.1) is 0 Å². The lowest BCUT2D eigenvalue weighted by Crippen LogP contribution is -2.50. The fourth-order valence-corrected chi connectivity index (χ4v) is 4.65. The number of para-hydroxylation sites is 1. The summed E-state index contributed by atoms with van der Waals surface area (Å²) in [7, 11) is 0. The van der Waals surface area contributed by atoms with Crippen molar-refractivity contribution in [2.45, 2.75) is 31.5 Å². The van der Waals surface area contributed by atoms with Crippen LogP contribution in [0.15, 0.2) is 96.1 Å². The molecule has 0 radical (unpaired) electrons. The summed E-state index contributed by atoms with van der Waals surface area (Å²) in [5.74, 6) is -1.47. The molecule has 0 spiro atoms. The van der Waals surface area contributed by atoms with Crippen LogP contribution in [-0.4, -0.2) is 59.9 Å². The summed E-state index contributed by atoms with van der Waals surface area (Å²) < 4.78 is 10.5. The zero-order valence-electron chi connectivity index (χ0n) is 23.2. The number of cyclic esters (lactones) is 1. The number of carbonyl (C=O) groups is 4. The monoisotopic (exact) mass is 581 g/mol.